The van der Waals surface area contributed by atoms with Crippen molar-refractivity contribution in [3.8, 4) is 0 Å². The summed E-state index contributed by atoms with van der Waals surface area (Å²) in [4.78, 5) is 24.8. The molecule has 0 N–H and O–H groups in total. The predicted octanol–water partition coefficient (Wildman–Crippen LogP) is 6.52. The Kier molecular flexibility index (Phi) is 11.0. The van der Waals surface area contributed by atoms with Gasteiger partial charge >= 0.3 is 11.9 Å². The molecule has 164 valence electrons. The van der Waals surface area contributed by atoms with E-state index in [1.165, 1.54) is 0 Å². The third-order valence-corrected chi connectivity index (χ3v) is 5.17. The quantitative estimate of drug-likeness (QED) is 0.211. The Bertz CT molecular complexity index is 612. The van der Waals surface area contributed by atoms with Gasteiger partial charge in [0.25, 0.3) is 0 Å². The Hall–Kier alpha value is -1.84. The van der Waals surface area contributed by atoms with E-state index in [-0.39, 0.29) is 23.8 Å². The van der Waals surface area contributed by atoms with Crippen LogP contribution in [0.3, 0.4) is 0 Å². The summed E-state index contributed by atoms with van der Waals surface area (Å²) in [6, 6.07) is 0. The van der Waals surface area contributed by atoms with Gasteiger partial charge in [0, 0.05) is 0 Å². The van der Waals surface area contributed by atoms with Crippen LogP contribution in [0, 0.1) is 17.3 Å². The number of hydrogen-bond acceptors (Lipinski definition) is 4. The summed E-state index contributed by atoms with van der Waals surface area (Å²) >= 11 is 0. The van der Waals surface area contributed by atoms with Crippen LogP contribution in [0.1, 0.15) is 86.5 Å². The lowest BCUT2D eigenvalue weighted by atomic mass is 9.73. The minimum Gasteiger partial charge on any atom is -0.453 e. The van der Waals surface area contributed by atoms with Gasteiger partial charge in [-0.05, 0) is 18.9 Å². The maximum absolute atomic E-state index is 12.5. The van der Waals surface area contributed by atoms with Crippen LogP contribution >= 0.6 is 0 Å². The summed E-state index contributed by atoms with van der Waals surface area (Å²) in [5.41, 5.74) is -0.491. The first-order chi connectivity index (χ1) is 13.8. The highest BCUT2D eigenvalue weighted by Gasteiger charge is 2.43. The van der Waals surface area contributed by atoms with Gasteiger partial charge < -0.3 is 9.47 Å². The van der Waals surface area contributed by atoms with Crippen molar-refractivity contribution in [3.63, 3.8) is 0 Å². The summed E-state index contributed by atoms with van der Waals surface area (Å²) in [5, 5.41) is 0. The second-order valence-corrected chi connectivity index (χ2v) is 8.59. The monoisotopic (exact) mass is 404 g/mol. The van der Waals surface area contributed by atoms with Crippen LogP contribution in [0.25, 0.3) is 0 Å². The molecule has 0 aliphatic heterocycles. The third kappa shape index (κ3) is 7.83. The Balaban J connectivity index is 3.28. The fraction of sp³-hybridized carbons (Fsp3) is 0.680. The molecule has 1 aliphatic rings. The molecule has 0 saturated heterocycles. The van der Waals surface area contributed by atoms with Crippen molar-refractivity contribution in [3.05, 3.63) is 36.1 Å². The van der Waals surface area contributed by atoms with Gasteiger partial charge in [-0.25, -0.2) is 0 Å². The maximum atomic E-state index is 12.5. The lowest BCUT2D eigenvalue weighted by Gasteiger charge is -2.38. The average Bonchev–Trinajstić information content (AvgIpc) is 2.67. The summed E-state index contributed by atoms with van der Waals surface area (Å²) in [6.45, 7) is 11.6. The van der Waals surface area contributed by atoms with E-state index >= 15 is 0 Å². The number of carbonyl (C=O) groups excluding carboxylic acids is 2. The molecule has 0 saturated carbocycles. The van der Waals surface area contributed by atoms with Crippen LogP contribution in [0.2, 0.25) is 0 Å². The lowest BCUT2D eigenvalue weighted by Crippen LogP contribution is -2.41. The van der Waals surface area contributed by atoms with Crippen molar-refractivity contribution < 1.29 is 19.1 Å². The summed E-state index contributed by atoms with van der Waals surface area (Å²) in [7, 11) is 0. The summed E-state index contributed by atoms with van der Waals surface area (Å²) < 4.78 is 11.7. The normalized spacial score (nSPS) is 21.7. The van der Waals surface area contributed by atoms with Gasteiger partial charge in [-0.15, -0.1) is 0 Å². The van der Waals surface area contributed by atoms with Crippen molar-refractivity contribution in [1.82, 2.24) is 0 Å². The van der Waals surface area contributed by atoms with Crippen LogP contribution < -0.4 is 0 Å². The highest BCUT2D eigenvalue weighted by Crippen LogP contribution is 2.42. The summed E-state index contributed by atoms with van der Waals surface area (Å²) in [6.07, 6.45) is 16.8. The number of rotatable bonds is 12. The van der Waals surface area contributed by atoms with E-state index in [1.807, 2.05) is 19.9 Å². The second kappa shape index (κ2) is 12.7. The van der Waals surface area contributed by atoms with Crippen LogP contribution in [0.15, 0.2) is 36.1 Å². The van der Waals surface area contributed by atoms with Crippen molar-refractivity contribution in [1.29, 1.82) is 0 Å². The smallest absolute Gasteiger partial charge is 0.313 e. The fourth-order valence-corrected chi connectivity index (χ4v) is 3.25. The Morgan fingerprint density at radius 3 is 2.28 bits per heavy atom. The van der Waals surface area contributed by atoms with E-state index in [4.69, 9.17) is 9.47 Å². The molecule has 0 radical (unpaired) electrons. The van der Waals surface area contributed by atoms with Crippen molar-refractivity contribution in [2.45, 2.75) is 92.6 Å². The molecule has 0 aromatic rings. The standard InChI is InChI=1S/C25H40O4/c1-7-9-11-13-17-25(16-12-10-8-2)18-14-15-21(28-23(26)19(3)4)22(25)29-24(27)20(5)6/h13-15,17-20,22H,7-12,16H2,1-6H3. The molecule has 0 spiro atoms. The topological polar surface area (TPSA) is 52.6 Å². The second-order valence-electron chi connectivity index (χ2n) is 8.59. The van der Waals surface area contributed by atoms with Gasteiger partial charge in [0.05, 0.1) is 17.3 Å². The average molecular weight is 405 g/mol. The Labute approximate surface area is 177 Å². The van der Waals surface area contributed by atoms with Crippen molar-refractivity contribution >= 4 is 11.9 Å². The number of ether oxygens (including phenoxy) is 2. The number of esters is 2. The highest BCUT2D eigenvalue weighted by molar-refractivity contribution is 5.74. The molecule has 1 aliphatic carbocycles. The molecule has 29 heavy (non-hydrogen) atoms. The van der Waals surface area contributed by atoms with Gasteiger partial charge in [0.15, 0.2) is 6.10 Å². The van der Waals surface area contributed by atoms with Gasteiger partial charge in [-0.1, -0.05) is 98.0 Å². The molecular weight excluding hydrogens is 364 g/mol. The van der Waals surface area contributed by atoms with E-state index in [2.05, 4.69) is 32.1 Å². The zero-order valence-corrected chi connectivity index (χ0v) is 19.2. The van der Waals surface area contributed by atoms with E-state index in [0.717, 1.165) is 44.9 Å². The first-order valence-electron chi connectivity index (χ1n) is 11.3. The number of unbranched alkanes of at least 4 members (excludes halogenated alkanes) is 4. The Morgan fingerprint density at radius 1 is 1.03 bits per heavy atom. The molecule has 0 heterocycles. The SMILES string of the molecule is CCCCC=CC1(CCCCC)C=CC=C(OC(=O)C(C)C)C1OC(=O)C(C)C. The lowest BCUT2D eigenvalue weighted by molar-refractivity contribution is -0.161. The van der Waals surface area contributed by atoms with E-state index in [0.29, 0.717) is 5.76 Å². The zero-order chi connectivity index (χ0) is 21.9. The van der Waals surface area contributed by atoms with Crippen LogP contribution in [-0.4, -0.2) is 18.0 Å². The molecule has 0 amide bonds. The number of carbonyl (C=O) groups is 2. The number of hydrogen-bond donors (Lipinski definition) is 0. The van der Waals surface area contributed by atoms with Crippen molar-refractivity contribution in [2.75, 3.05) is 0 Å². The largest absolute Gasteiger partial charge is 0.453 e. The number of allylic oxidation sites excluding steroid dienone is 3. The molecule has 4 heteroatoms. The minimum absolute atomic E-state index is 0.250. The molecule has 0 aromatic carbocycles. The Morgan fingerprint density at radius 2 is 1.69 bits per heavy atom. The summed E-state index contributed by atoms with van der Waals surface area (Å²) in [5.74, 6) is -0.664. The van der Waals surface area contributed by atoms with Gasteiger partial charge in [-0.3, -0.25) is 9.59 Å². The van der Waals surface area contributed by atoms with E-state index in [1.54, 1.807) is 19.9 Å². The van der Waals surface area contributed by atoms with E-state index < -0.39 is 11.5 Å². The van der Waals surface area contributed by atoms with Gasteiger partial charge in [-0.2, -0.15) is 0 Å². The molecule has 1 rings (SSSR count). The minimum atomic E-state index is -0.625. The molecule has 0 fully saturated rings. The van der Waals surface area contributed by atoms with Gasteiger partial charge in [0.1, 0.15) is 5.76 Å². The highest BCUT2D eigenvalue weighted by atomic mass is 16.6. The molecule has 4 nitrogen and oxygen atoms in total. The zero-order valence-electron chi connectivity index (χ0n) is 19.2. The molecular formula is C25H40O4. The molecule has 0 bridgehead atoms. The maximum Gasteiger partial charge on any atom is 0.313 e. The van der Waals surface area contributed by atoms with Crippen LogP contribution in [-0.2, 0) is 19.1 Å². The molecule has 2 unspecified atom stereocenters. The van der Waals surface area contributed by atoms with E-state index in [9.17, 15) is 9.59 Å². The molecule has 0 aromatic heterocycles. The van der Waals surface area contributed by atoms with Gasteiger partial charge in [0.2, 0.25) is 0 Å². The third-order valence-electron chi connectivity index (χ3n) is 5.17. The van der Waals surface area contributed by atoms with Crippen LogP contribution in [0.4, 0.5) is 0 Å². The van der Waals surface area contributed by atoms with Crippen LogP contribution in [0.5, 0.6) is 0 Å². The first kappa shape index (κ1) is 25.2. The predicted molar refractivity (Wildman–Crippen MR) is 118 cm³/mol. The first-order valence-corrected chi connectivity index (χ1v) is 11.3. The molecule has 2 atom stereocenters. The fourth-order valence-electron chi connectivity index (χ4n) is 3.25. The van der Waals surface area contributed by atoms with Crippen molar-refractivity contribution in [2.24, 2.45) is 17.3 Å².